The molecule has 2 aliphatic rings. The molecule has 0 spiro atoms. The molecule has 1 atom stereocenters. The Labute approximate surface area is 184 Å². The number of carbonyl (C=O) groups is 1. The highest BCUT2D eigenvalue weighted by molar-refractivity contribution is 7.13. The molecule has 1 aliphatic heterocycles. The molecule has 3 aromatic heterocycles. The summed E-state index contributed by atoms with van der Waals surface area (Å²) in [6.45, 7) is 0.718. The smallest absolute Gasteiger partial charge is 0.255 e. The number of nitrogens with one attached hydrogen (secondary N) is 1. The van der Waals surface area contributed by atoms with Gasteiger partial charge < -0.3 is 19.0 Å². The van der Waals surface area contributed by atoms with Crippen molar-refractivity contribution in [1.29, 1.82) is 0 Å². The van der Waals surface area contributed by atoms with Gasteiger partial charge in [-0.1, -0.05) is 36.9 Å². The Bertz CT molecular complexity index is 999. The van der Waals surface area contributed by atoms with Crippen molar-refractivity contribution >= 4 is 17.2 Å². The van der Waals surface area contributed by atoms with Crippen LogP contribution in [0.5, 0.6) is 0 Å². The van der Waals surface area contributed by atoms with Crippen molar-refractivity contribution in [3.05, 3.63) is 41.2 Å². The molecule has 1 unspecified atom stereocenters. The Kier molecular flexibility index (Phi) is 5.87. The van der Waals surface area contributed by atoms with E-state index >= 15 is 0 Å². The van der Waals surface area contributed by atoms with Gasteiger partial charge in [0.05, 0.1) is 17.0 Å². The molecule has 1 saturated carbocycles. The van der Waals surface area contributed by atoms with E-state index in [1.54, 1.807) is 17.6 Å². The lowest BCUT2D eigenvalue weighted by molar-refractivity contribution is -0.122. The maximum absolute atomic E-state index is 13.0. The Morgan fingerprint density at radius 2 is 2.06 bits per heavy atom. The number of hydrogen-bond donors (Lipinski definition) is 1. The molecular weight excluding hydrogens is 416 g/mol. The van der Waals surface area contributed by atoms with E-state index in [1.807, 2.05) is 17.5 Å². The topological polar surface area (TPSA) is 103 Å². The first-order chi connectivity index (χ1) is 15.2. The molecule has 2 fully saturated rings. The standard InChI is InChI=1S/C22H26N4O4S/c27-18(13-15-14-29-20(23-15)17-8-6-12-31-17)25-22(9-3-1-2-4-10-22)21-24-19(30-26-21)16-7-5-11-28-16/h6,8,12,14,16H,1-5,7,9-11,13H2,(H,25,27). The van der Waals surface area contributed by atoms with Crippen LogP contribution in [0.3, 0.4) is 0 Å². The summed E-state index contributed by atoms with van der Waals surface area (Å²) < 4.78 is 16.8. The van der Waals surface area contributed by atoms with Crippen molar-refractivity contribution in [3.63, 3.8) is 0 Å². The SMILES string of the molecule is O=C(Cc1coc(-c2cccs2)n1)NC1(c2noc(C3CCCO3)n2)CCCCCC1. The molecule has 1 amide bonds. The minimum Gasteiger partial charge on any atom is -0.444 e. The van der Waals surface area contributed by atoms with Gasteiger partial charge in [0, 0.05) is 6.61 Å². The Morgan fingerprint density at radius 3 is 2.81 bits per heavy atom. The normalized spacial score (nSPS) is 21.1. The molecular formula is C22H26N4O4S. The van der Waals surface area contributed by atoms with Crippen LogP contribution in [0.1, 0.15) is 74.9 Å². The lowest BCUT2D eigenvalue weighted by Crippen LogP contribution is -2.47. The lowest BCUT2D eigenvalue weighted by Gasteiger charge is -2.30. The largest absolute Gasteiger partial charge is 0.444 e. The maximum atomic E-state index is 13.0. The van der Waals surface area contributed by atoms with Crippen LogP contribution >= 0.6 is 11.3 Å². The summed E-state index contributed by atoms with van der Waals surface area (Å²) in [6.07, 6.45) is 9.34. The fourth-order valence-corrected chi connectivity index (χ4v) is 5.10. The van der Waals surface area contributed by atoms with Gasteiger partial charge in [-0.15, -0.1) is 11.3 Å². The number of amides is 1. The molecule has 5 rings (SSSR count). The zero-order chi connectivity index (χ0) is 21.1. The molecule has 0 radical (unpaired) electrons. The number of aromatic nitrogens is 3. The van der Waals surface area contributed by atoms with Crippen molar-refractivity contribution in [1.82, 2.24) is 20.4 Å². The summed E-state index contributed by atoms with van der Waals surface area (Å²) >= 11 is 1.55. The average Bonchev–Trinajstić information content (AvgIpc) is 3.55. The van der Waals surface area contributed by atoms with Crippen LogP contribution in [-0.4, -0.2) is 27.6 Å². The first-order valence-corrected chi connectivity index (χ1v) is 11.8. The Morgan fingerprint density at radius 1 is 1.19 bits per heavy atom. The third-order valence-electron chi connectivity index (χ3n) is 6.04. The summed E-state index contributed by atoms with van der Waals surface area (Å²) in [6, 6.07) is 3.89. The van der Waals surface area contributed by atoms with E-state index in [0.29, 0.717) is 23.3 Å². The number of oxazole rings is 1. The Balaban J connectivity index is 1.33. The van der Waals surface area contributed by atoms with E-state index in [-0.39, 0.29) is 18.4 Å². The van der Waals surface area contributed by atoms with Crippen LogP contribution in [0.25, 0.3) is 10.8 Å². The van der Waals surface area contributed by atoms with Crippen molar-refractivity contribution < 1.29 is 18.5 Å². The van der Waals surface area contributed by atoms with Gasteiger partial charge in [0.2, 0.25) is 11.8 Å². The van der Waals surface area contributed by atoms with Crippen molar-refractivity contribution in [2.24, 2.45) is 0 Å². The molecule has 164 valence electrons. The first-order valence-electron chi connectivity index (χ1n) is 11.0. The third kappa shape index (κ3) is 4.43. The molecule has 1 aliphatic carbocycles. The summed E-state index contributed by atoms with van der Waals surface area (Å²) in [7, 11) is 0. The highest BCUT2D eigenvalue weighted by Gasteiger charge is 2.40. The monoisotopic (exact) mass is 442 g/mol. The second kappa shape index (κ2) is 8.92. The van der Waals surface area contributed by atoms with Gasteiger partial charge in [-0.05, 0) is 37.1 Å². The quantitative estimate of drug-likeness (QED) is 0.559. The third-order valence-corrected chi connectivity index (χ3v) is 6.89. The van der Waals surface area contributed by atoms with Gasteiger partial charge in [-0.2, -0.15) is 4.98 Å². The molecule has 0 bridgehead atoms. The van der Waals surface area contributed by atoms with Crippen LogP contribution in [0.2, 0.25) is 0 Å². The van der Waals surface area contributed by atoms with Crippen molar-refractivity contribution in [2.75, 3.05) is 6.61 Å². The molecule has 1 saturated heterocycles. The highest BCUT2D eigenvalue weighted by atomic mass is 32.1. The molecule has 3 aromatic rings. The zero-order valence-electron chi connectivity index (χ0n) is 17.3. The van der Waals surface area contributed by atoms with E-state index in [9.17, 15) is 4.79 Å². The second-order valence-corrected chi connectivity index (χ2v) is 9.25. The van der Waals surface area contributed by atoms with E-state index in [2.05, 4.69) is 20.4 Å². The fourth-order valence-electron chi connectivity index (χ4n) is 4.45. The summed E-state index contributed by atoms with van der Waals surface area (Å²) in [4.78, 5) is 23.1. The summed E-state index contributed by atoms with van der Waals surface area (Å²) in [5.41, 5.74) is -0.00771. The van der Waals surface area contributed by atoms with Crippen LogP contribution in [-0.2, 0) is 21.5 Å². The van der Waals surface area contributed by atoms with E-state index in [0.717, 1.165) is 62.9 Å². The second-order valence-electron chi connectivity index (χ2n) is 8.30. The van der Waals surface area contributed by atoms with E-state index in [4.69, 9.17) is 13.7 Å². The molecule has 0 aromatic carbocycles. The molecule has 31 heavy (non-hydrogen) atoms. The van der Waals surface area contributed by atoms with Gasteiger partial charge in [0.1, 0.15) is 17.9 Å². The molecule has 1 N–H and O–H groups in total. The van der Waals surface area contributed by atoms with Crippen molar-refractivity contribution in [2.45, 2.75) is 69.4 Å². The summed E-state index contributed by atoms with van der Waals surface area (Å²) in [5, 5.41) is 9.49. The van der Waals surface area contributed by atoms with Crippen LogP contribution in [0.15, 0.2) is 32.7 Å². The number of ether oxygens (including phenoxy) is 1. The van der Waals surface area contributed by atoms with Crippen LogP contribution in [0.4, 0.5) is 0 Å². The number of rotatable bonds is 6. The molecule has 4 heterocycles. The minimum atomic E-state index is -0.617. The van der Waals surface area contributed by atoms with Gasteiger partial charge in [-0.25, -0.2) is 4.98 Å². The summed E-state index contributed by atoms with van der Waals surface area (Å²) in [5.74, 6) is 1.51. The highest BCUT2D eigenvalue weighted by Crippen LogP contribution is 2.36. The number of hydrogen-bond acceptors (Lipinski definition) is 8. The minimum absolute atomic E-state index is 0.114. The molecule has 8 nitrogen and oxygen atoms in total. The number of carbonyl (C=O) groups excluding carboxylic acids is 1. The van der Waals surface area contributed by atoms with E-state index in [1.165, 1.54) is 0 Å². The number of nitrogens with zero attached hydrogens (tertiary/aromatic N) is 3. The van der Waals surface area contributed by atoms with Gasteiger partial charge in [0.15, 0.2) is 5.82 Å². The predicted molar refractivity (Wildman–Crippen MR) is 113 cm³/mol. The molecule has 9 heteroatoms. The van der Waals surface area contributed by atoms with Gasteiger partial charge >= 0.3 is 0 Å². The average molecular weight is 443 g/mol. The van der Waals surface area contributed by atoms with Crippen LogP contribution < -0.4 is 5.32 Å². The van der Waals surface area contributed by atoms with Crippen LogP contribution in [0, 0.1) is 0 Å². The van der Waals surface area contributed by atoms with Crippen molar-refractivity contribution in [3.8, 4) is 10.8 Å². The number of thiophene rings is 1. The first kappa shape index (κ1) is 20.4. The maximum Gasteiger partial charge on any atom is 0.255 e. The Hall–Kier alpha value is -2.52. The van der Waals surface area contributed by atoms with Gasteiger partial charge in [-0.3, -0.25) is 4.79 Å². The van der Waals surface area contributed by atoms with Gasteiger partial charge in [0.25, 0.3) is 5.89 Å². The lowest BCUT2D eigenvalue weighted by atomic mass is 9.89. The zero-order valence-corrected chi connectivity index (χ0v) is 18.2. The predicted octanol–water partition coefficient (Wildman–Crippen LogP) is 4.55. The van der Waals surface area contributed by atoms with E-state index < -0.39 is 5.54 Å². The fraction of sp³-hybridized carbons (Fsp3) is 0.545.